The molecule has 4 aromatic heterocycles. The van der Waals surface area contributed by atoms with E-state index in [1.54, 1.807) is 12.5 Å². The molecule has 6 rings (SSSR count). The summed E-state index contributed by atoms with van der Waals surface area (Å²) in [7, 11) is 0. The van der Waals surface area contributed by atoms with Crippen molar-refractivity contribution >= 4 is 16.6 Å². The fourth-order valence-electron chi connectivity index (χ4n) is 4.15. The SMILES string of the molecule is NCc1ccc(-c2nc3ccn4c(Cn5ccnc5)nnc4c3cc2-c2ccccc2)cc1. The first-order chi connectivity index (χ1) is 16.3. The van der Waals surface area contributed by atoms with Crippen LogP contribution in [0.25, 0.3) is 38.9 Å². The molecule has 0 amide bonds. The van der Waals surface area contributed by atoms with Gasteiger partial charge in [0.15, 0.2) is 11.5 Å². The molecule has 4 heterocycles. The van der Waals surface area contributed by atoms with E-state index in [0.717, 1.165) is 50.3 Å². The molecule has 2 N–H and O–H groups in total. The van der Waals surface area contributed by atoms with Crippen LogP contribution in [0, 0.1) is 0 Å². The summed E-state index contributed by atoms with van der Waals surface area (Å²) in [4.78, 5) is 9.20. The van der Waals surface area contributed by atoms with Gasteiger partial charge in [-0.05, 0) is 23.3 Å². The molecule has 0 aliphatic rings. The van der Waals surface area contributed by atoms with E-state index >= 15 is 0 Å². The van der Waals surface area contributed by atoms with Crippen LogP contribution in [-0.4, -0.2) is 29.1 Å². The molecule has 0 aliphatic carbocycles. The van der Waals surface area contributed by atoms with Crippen LogP contribution >= 0.6 is 0 Å². The number of hydrogen-bond acceptors (Lipinski definition) is 5. The Morgan fingerprint density at radius 3 is 2.45 bits per heavy atom. The number of nitrogens with two attached hydrogens (primary N) is 1. The standard InChI is InChI=1S/C26H21N7/c27-15-18-6-8-20(9-7-18)25-21(19-4-2-1-3-5-19)14-22-23(29-25)10-12-33-24(30-31-26(22)33)16-32-13-11-28-17-32/h1-14,17H,15-16,27H2. The first kappa shape index (κ1) is 19.3. The maximum atomic E-state index is 5.80. The molecule has 0 saturated heterocycles. The average molecular weight is 432 g/mol. The Bertz CT molecular complexity index is 1550. The molecule has 6 aromatic rings. The summed E-state index contributed by atoms with van der Waals surface area (Å²) >= 11 is 0. The number of benzene rings is 2. The number of imidazole rings is 1. The summed E-state index contributed by atoms with van der Waals surface area (Å²) in [5.41, 5.74) is 12.7. The van der Waals surface area contributed by atoms with Crippen LogP contribution < -0.4 is 5.73 Å². The number of rotatable bonds is 5. The van der Waals surface area contributed by atoms with Crippen molar-refractivity contribution in [1.29, 1.82) is 0 Å². The Morgan fingerprint density at radius 1 is 0.848 bits per heavy atom. The van der Waals surface area contributed by atoms with Gasteiger partial charge in [-0.1, -0.05) is 54.6 Å². The van der Waals surface area contributed by atoms with Crippen LogP contribution in [0.5, 0.6) is 0 Å². The van der Waals surface area contributed by atoms with Crippen molar-refractivity contribution in [1.82, 2.24) is 29.1 Å². The quantitative estimate of drug-likeness (QED) is 0.439. The lowest BCUT2D eigenvalue weighted by Gasteiger charge is -2.13. The lowest BCUT2D eigenvalue weighted by molar-refractivity contribution is 0.733. The first-order valence-corrected chi connectivity index (χ1v) is 10.8. The lowest BCUT2D eigenvalue weighted by atomic mass is 9.97. The minimum absolute atomic E-state index is 0.517. The fraction of sp³-hybridized carbons (Fsp3) is 0.0769. The van der Waals surface area contributed by atoms with Crippen molar-refractivity contribution < 1.29 is 0 Å². The third-order valence-corrected chi connectivity index (χ3v) is 5.87. The molecular weight excluding hydrogens is 410 g/mol. The topological polar surface area (TPSA) is 86.9 Å². The molecule has 0 radical (unpaired) electrons. The summed E-state index contributed by atoms with van der Waals surface area (Å²) in [6.07, 6.45) is 7.44. The van der Waals surface area contributed by atoms with E-state index < -0.39 is 0 Å². The zero-order valence-corrected chi connectivity index (χ0v) is 17.8. The highest BCUT2D eigenvalue weighted by Crippen LogP contribution is 2.34. The van der Waals surface area contributed by atoms with Crippen LogP contribution in [0.1, 0.15) is 11.4 Å². The van der Waals surface area contributed by atoms with Gasteiger partial charge in [-0.3, -0.25) is 4.40 Å². The van der Waals surface area contributed by atoms with E-state index in [-0.39, 0.29) is 0 Å². The van der Waals surface area contributed by atoms with Crippen LogP contribution in [0.2, 0.25) is 0 Å². The monoisotopic (exact) mass is 431 g/mol. The maximum Gasteiger partial charge on any atom is 0.170 e. The lowest BCUT2D eigenvalue weighted by Crippen LogP contribution is -2.02. The predicted molar refractivity (Wildman–Crippen MR) is 128 cm³/mol. The van der Waals surface area contributed by atoms with Gasteiger partial charge in [0.1, 0.15) is 0 Å². The van der Waals surface area contributed by atoms with Crippen LogP contribution in [0.3, 0.4) is 0 Å². The third kappa shape index (κ3) is 3.44. The number of nitrogens with zero attached hydrogens (tertiary/aromatic N) is 6. The van der Waals surface area contributed by atoms with Gasteiger partial charge >= 0.3 is 0 Å². The highest BCUT2D eigenvalue weighted by atomic mass is 15.3. The van der Waals surface area contributed by atoms with Crippen molar-refractivity contribution in [2.24, 2.45) is 5.73 Å². The molecule has 7 heteroatoms. The first-order valence-electron chi connectivity index (χ1n) is 10.8. The summed E-state index contributed by atoms with van der Waals surface area (Å²) < 4.78 is 4.00. The molecule has 0 bridgehead atoms. The van der Waals surface area contributed by atoms with Crippen LogP contribution in [0.4, 0.5) is 0 Å². The molecule has 0 fully saturated rings. The Kier molecular flexibility index (Phi) is 4.66. The van der Waals surface area contributed by atoms with E-state index in [2.05, 4.69) is 57.6 Å². The number of aromatic nitrogens is 6. The number of pyridine rings is 2. The summed E-state index contributed by atoms with van der Waals surface area (Å²) in [6, 6.07) is 22.8. The van der Waals surface area contributed by atoms with Crippen LogP contribution in [0.15, 0.2) is 91.6 Å². The Balaban J connectivity index is 1.56. The van der Waals surface area contributed by atoms with E-state index in [0.29, 0.717) is 13.1 Å². The Morgan fingerprint density at radius 2 is 1.70 bits per heavy atom. The Hall–Kier alpha value is -4.36. The van der Waals surface area contributed by atoms with E-state index in [1.165, 1.54) is 0 Å². The summed E-state index contributed by atoms with van der Waals surface area (Å²) in [5, 5.41) is 9.92. The summed E-state index contributed by atoms with van der Waals surface area (Å²) in [5.74, 6) is 0.840. The second kappa shape index (κ2) is 7.96. The minimum Gasteiger partial charge on any atom is -0.330 e. The van der Waals surface area contributed by atoms with E-state index in [9.17, 15) is 0 Å². The number of hydrogen-bond donors (Lipinski definition) is 1. The van der Waals surface area contributed by atoms with Crippen molar-refractivity contribution in [3.8, 4) is 22.4 Å². The molecule has 2 aromatic carbocycles. The van der Waals surface area contributed by atoms with Gasteiger partial charge in [-0.15, -0.1) is 10.2 Å². The van der Waals surface area contributed by atoms with Crippen molar-refractivity contribution in [3.05, 3.63) is 103 Å². The highest BCUT2D eigenvalue weighted by molar-refractivity contribution is 5.98. The van der Waals surface area contributed by atoms with Crippen molar-refractivity contribution in [2.75, 3.05) is 0 Å². The molecule has 7 nitrogen and oxygen atoms in total. The van der Waals surface area contributed by atoms with Crippen molar-refractivity contribution in [2.45, 2.75) is 13.1 Å². The molecule has 0 spiro atoms. The molecule has 0 saturated carbocycles. The van der Waals surface area contributed by atoms with Crippen LogP contribution in [-0.2, 0) is 13.1 Å². The highest BCUT2D eigenvalue weighted by Gasteiger charge is 2.16. The minimum atomic E-state index is 0.517. The molecule has 33 heavy (non-hydrogen) atoms. The van der Waals surface area contributed by atoms with E-state index in [1.807, 2.05) is 45.6 Å². The second-order valence-corrected chi connectivity index (χ2v) is 7.95. The van der Waals surface area contributed by atoms with Gasteiger partial charge in [0.2, 0.25) is 0 Å². The third-order valence-electron chi connectivity index (χ3n) is 5.87. The van der Waals surface area contributed by atoms with Gasteiger partial charge in [-0.25, -0.2) is 9.97 Å². The van der Waals surface area contributed by atoms with Gasteiger partial charge in [0, 0.05) is 41.6 Å². The molecule has 0 unspecified atom stereocenters. The van der Waals surface area contributed by atoms with Gasteiger partial charge in [-0.2, -0.15) is 0 Å². The maximum absolute atomic E-state index is 5.80. The molecule has 160 valence electrons. The normalized spacial score (nSPS) is 11.4. The van der Waals surface area contributed by atoms with Gasteiger partial charge in [0.25, 0.3) is 0 Å². The molecule has 0 aliphatic heterocycles. The average Bonchev–Trinajstić information content (AvgIpc) is 3.54. The fourth-order valence-corrected chi connectivity index (χ4v) is 4.15. The van der Waals surface area contributed by atoms with Crippen molar-refractivity contribution in [3.63, 3.8) is 0 Å². The molecule has 0 atom stereocenters. The zero-order chi connectivity index (χ0) is 22.2. The smallest absolute Gasteiger partial charge is 0.170 e. The molecular formula is C26H21N7. The van der Waals surface area contributed by atoms with E-state index in [4.69, 9.17) is 10.7 Å². The predicted octanol–water partition coefficient (Wildman–Crippen LogP) is 4.32. The summed E-state index contributed by atoms with van der Waals surface area (Å²) in [6.45, 7) is 1.11. The van der Waals surface area contributed by atoms with Gasteiger partial charge in [0.05, 0.1) is 24.1 Å². The van der Waals surface area contributed by atoms with Gasteiger partial charge < -0.3 is 10.3 Å². The second-order valence-electron chi connectivity index (χ2n) is 7.95. The largest absolute Gasteiger partial charge is 0.330 e. The Labute approximate surface area is 190 Å². The zero-order valence-electron chi connectivity index (χ0n) is 17.8. The number of fused-ring (bicyclic) bond motifs is 3.